The van der Waals surface area contributed by atoms with Gasteiger partial charge in [-0.05, 0) is 62.1 Å². The number of carbonyl (C=O) groups is 1. The van der Waals surface area contributed by atoms with Crippen LogP contribution in [0.2, 0.25) is 0 Å². The second kappa shape index (κ2) is 18.1. The molecule has 0 spiro atoms. The van der Waals surface area contributed by atoms with Gasteiger partial charge in [-0.25, -0.2) is 0 Å². The van der Waals surface area contributed by atoms with E-state index in [4.69, 9.17) is 9.47 Å². The Morgan fingerprint density at radius 3 is 2.02 bits per heavy atom. The van der Waals surface area contributed by atoms with Crippen LogP contribution < -0.4 is 14.4 Å². The zero-order valence-corrected chi connectivity index (χ0v) is 28.0. The molecule has 0 saturated carbocycles. The molecule has 0 radical (unpaired) electrons. The molecule has 1 aliphatic heterocycles. The van der Waals surface area contributed by atoms with Gasteiger partial charge in [0, 0.05) is 56.1 Å². The Balaban J connectivity index is 0.00000259. The fourth-order valence-electron chi connectivity index (χ4n) is 5.72. The lowest BCUT2D eigenvalue weighted by Crippen LogP contribution is -2.47. The highest BCUT2D eigenvalue weighted by Crippen LogP contribution is 2.38. The maximum atomic E-state index is 14.1. The van der Waals surface area contributed by atoms with Crippen LogP contribution in [0.15, 0.2) is 78.4 Å². The Morgan fingerprint density at radius 2 is 1.48 bits per heavy atom. The Labute approximate surface area is 266 Å². The summed E-state index contributed by atoms with van der Waals surface area (Å²) in [5.41, 5.74) is 5.18. The van der Waals surface area contributed by atoms with Gasteiger partial charge in [0.15, 0.2) is 0 Å². The van der Waals surface area contributed by atoms with Crippen molar-refractivity contribution in [3.63, 3.8) is 0 Å². The highest BCUT2D eigenvalue weighted by Gasteiger charge is 2.24. The van der Waals surface area contributed by atoms with Crippen LogP contribution in [-0.2, 0) is 0 Å². The number of benzene rings is 3. The number of carbonyl (C=O) groups excluding carboxylic acids is 1. The minimum absolute atomic E-state index is 0.00277. The fourth-order valence-corrected chi connectivity index (χ4v) is 5.72. The molecular formula is C38H53N3O3. The third-order valence-electron chi connectivity index (χ3n) is 8.23. The largest absolute Gasteiger partial charge is 0.496 e. The topological polar surface area (TPSA) is 45.2 Å². The molecule has 3 aromatic carbocycles. The summed E-state index contributed by atoms with van der Waals surface area (Å²) in [4.78, 5) is 21.0. The molecule has 44 heavy (non-hydrogen) atoms. The Bertz CT molecular complexity index is 1280. The van der Waals surface area contributed by atoms with Crippen LogP contribution in [0.5, 0.6) is 11.5 Å². The van der Waals surface area contributed by atoms with E-state index in [1.54, 1.807) is 14.2 Å². The van der Waals surface area contributed by atoms with E-state index in [9.17, 15) is 4.79 Å². The predicted molar refractivity (Wildman–Crippen MR) is 185 cm³/mol. The molecule has 1 aliphatic rings. The lowest BCUT2D eigenvalue weighted by atomic mass is 9.94. The summed E-state index contributed by atoms with van der Waals surface area (Å²) in [5.74, 6) is 1.67. The minimum atomic E-state index is -0.00277. The SMILES string of the molecule is CC.CCC(C)c1c(OC)cc(C(=O)N(CCCN2CCN(c3ccccc3)CC2)C/C(C)=C/c2ccccc2)cc1OC. The molecule has 1 unspecified atom stereocenters. The third-order valence-corrected chi connectivity index (χ3v) is 8.23. The summed E-state index contributed by atoms with van der Waals surface area (Å²) in [6.07, 6.45) is 4.03. The molecule has 0 bridgehead atoms. The molecule has 1 saturated heterocycles. The maximum Gasteiger partial charge on any atom is 0.254 e. The average molecular weight is 600 g/mol. The zero-order valence-electron chi connectivity index (χ0n) is 28.0. The van der Waals surface area contributed by atoms with Crippen molar-refractivity contribution in [2.75, 3.05) is 64.9 Å². The van der Waals surface area contributed by atoms with Gasteiger partial charge in [-0.3, -0.25) is 9.69 Å². The molecule has 3 aromatic rings. The van der Waals surface area contributed by atoms with Crippen LogP contribution in [0.3, 0.4) is 0 Å². The van der Waals surface area contributed by atoms with Crippen LogP contribution in [0, 0.1) is 0 Å². The summed E-state index contributed by atoms with van der Waals surface area (Å²) >= 11 is 0. The molecular weight excluding hydrogens is 546 g/mol. The van der Waals surface area contributed by atoms with Gasteiger partial charge in [-0.15, -0.1) is 0 Å². The number of amides is 1. The summed E-state index contributed by atoms with van der Waals surface area (Å²) < 4.78 is 11.5. The number of hydrogen-bond acceptors (Lipinski definition) is 5. The fraction of sp³-hybridized carbons (Fsp3) is 0.447. The van der Waals surface area contributed by atoms with Gasteiger partial charge in [0.05, 0.1) is 14.2 Å². The van der Waals surface area contributed by atoms with Crippen molar-refractivity contribution >= 4 is 17.7 Å². The molecule has 6 heteroatoms. The number of hydrogen-bond donors (Lipinski definition) is 0. The second-order valence-corrected chi connectivity index (χ2v) is 11.2. The summed E-state index contributed by atoms with van der Waals surface area (Å²) in [5, 5.41) is 0. The molecule has 1 fully saturated rings. The number of para-hydroxylation sites is 1. The van der Waals surface area contributed by atoms with Gasteiger partial charge in [-0.1, -0.05) is 87.9 Å². The first-order chi connectivity index (χ1) is 21.4. The number of piperazine rings is 1. The average Bonchev–Trinajstić information content (AvgIpc) is 3.08. The van der Waals surface area contributed by atoms with E-state index in [0.717, 1.165) is 62.3 Å². The molecule has 0 aliphatic carbocycles. The summed E-state index contributed by atoms with van der Waals surface area (Å²) in [7, 11) is 3.33. The van der Waals surface area contributed by atoms with E-state index in [0.29, 0.717) is 30.2 Å². The van der Waals surface area contributed by atoms with E-state index in [2.05, 4.69) is 79.1 Å². The summed E-state index contributed by atoms with van der Waals surface area (Å²) in [6, 6.07) is 24.7. The third kappa shape index (κ3) is 9.62. The zero-order chi connectivity index (χ0) is 31.9. The van der Waals surface area contributed by atoms with Crippen LogP contribution >= 0.6 is 0 Å². The number of anilines is 1. The molecule has 0 N–H and O–H groups in total. The molecule has 238 valence electrons. The van der Waals surface area contributed by atoms with Crippen LogP contribution in [0.4, 0.5) is 5.69 Å². The van der Waals surface area contributed by atoms with E-state index in [-0.39, 0.29) is 11.8 Å². The van der Waals surface area contributed by atoms with Gasteiger partial charge in [0.25, 0.3) is 5.91 Å². The Hall–Kier alpha value is -3.77. The van der Waals surface area contributed by atoms with Crippen molar-refractivity contribution in [3.05, 3.63) is 95.1 Å². The molecule has 6 nitrogen and oxygen atoms in total. The maximum absolute atomic E-state index is 14.1. The number of ether oxygens (including phenoxy) is 2. The molecule has 1 amide bonds. The standard InChI is InChI=1S/C36H47N3O3.C2H6/c1-6-29(3)35-33(41-4)25-31(26-34(35)42-5)36(40)39(27-28(2)24-30-14-9-7-10-15-30)19-13-18-37-20-22-38(23-21-37)32-16-11-8-12-17-32;1-2/h7-12,14-17,24-26,29H,6,13,18-23,27H2,1-5H3;1-2H3/b28-24+;. The van der Waals surface area contributed by atoms with Gasteiger partial charge in [0.2, 0.25) is 0 Å². The van der Waals surface area contributed by atoms with Gasteiger partial charge in [0.1, 0.15) is 11.5 Å². The van der Waals surface area contributed by atoms with Crippen molar-refractivity contribution in [2.24, 2.45) is 0 Å². The first-order valence-corrected chi connectivity index (χ1v) is 16.2. The van der Waals surface area contributed by atoms with Crippen molar-refractivity contribution in [3.8, 4) is 11.5 Å². The van der Waals surface area contributed by atoms with E-state index in [1.165, 1.54) is 5.69 Å². The van der Waals surface area contributed by atoms with Gasteiger partial charge in [-0.2, -0.15) is 0 Å². The van der Waals surface area contributed by atoms with Crippen molar-refractivity contribution in [2.45, 2.75) is 53.4 Å². The first kappa shape index (κ1) is 34.7. The number of rotatable bonds is 13. The van der Waals surface area contributed by atoms with Crippen molar-refractivity contribution < 1.29 is 14.3 Å². The van der Waals surface area contributed by atoms with E-state index < -0.39 is 0 Å². The van der Waals surface area contributed by atoms with E-state index in [1.807, 2.05) is 49.1 Å². The second-order valence-electron chi connectivity index (χ2n) is 11.2. The van der Waals surface area contributed by atoms with Crippen LogP contribution in [-0.4, -0.2) is 75.7 Å². The summed E-state index contributed by atoms with van der Waals surface area (Å²) in [6.45, 7) is 16.7. The highest BCUT2D eigenvalue weighted by molar-refractivity contribution is 5.95. The monoisotopic (exact) mass is 599 g/mol. The smallest absolute Gasteiger partial charge is 0.254 e. The first-order valence-electron chi connectivity index (χ1n) is 16.2. The molecule has 1 atom stereocenters. The Kier molecular flexibility index (Phi) is 14.3. The molecule has 4 rings (SSSR count). The van der Waals surface area contributed by atoms with Crippen molar-refractivity contribution in [1.82, 2.24) is 9.80 Å². The number of methoxy groups -OCH3 is 2. The molecule has 1 heterocycles. The predicted octanol–water partition coefficient (Wildman–Crippen LogP) is 8.00. The number of nitrogens with zero attached hydrogens (tertiary/aromatic N) is 3. The highest BCUT2D eigenvalue weighted by atomic mass is 16.5. The minimum Gasteiger partial charge on any atom is -0.496 e. The lowest BCUT2D eigenvalue weighted by molar-refractivity contribution is 0.0761. The van der Waals surface area contributed by atoms with Gasteiger partial charge < -0.3 is 19.3 Å². The quantitative estimate of drug-likeness (QED) is 0.199. The van der Waals surface area contributed by atoms with Gasteiger partial charge >= 0.3 is 0 Å². The normalized spacial score (nSPS) is 14.3. The van der Waals surface area contributed by atoms with E-state index >= 15 is 0 Å². The molecule has 0 aromatic heterocycles. The Morgan fingerprint density at radius 1 is 0.909 bits per heavy atom. The lowest BCUT2D eigenvalue weighted by Gasteiger charge is -2.36. The van der Waals surface area contributed by atoms with Crippen molar-refractivity contribution in [1.29, 1.82) is 0 Å². The van der Waals surface area contributed by atoms with Crippen LogP contribution in [0.1, 0.15) is 74.9 Å². The van der Waals surface area contributed by atoms with Crippen LogP contribution in [0.25, 0.3) is 6.08 Å².